The van der Waals surface area contributed by atoms with Crippen molar-refractivity contribution in [1.82, 2.24) is 10.2 Å². The van der Waals surface area contributed by atoms with Gasteiger partial charge in [-0.2, -0.15) is 0 Å². The largest absolute Gasteiger partial charge is 0.494 e. The molecule has 8 nitrogen and oxygen atoms in total. The topological polar surface area (TPSA) is 96.0 Å². The van der Waals surface area contributed by atoms with Crippen molar-refractivity contribution in [3.8, 4) is 5.75 Å². The van der Waals surface area contributed by atoms with Gasteiger partial charge in [-0.05, 0) is 75.6 Å². The Morgan fingerprint density at radius 2 is 1.71 bits per heavy atom. The second-order valence-corrected chi connectivity index (χ2v) is 12.0. The standard InChI is InChI=1S/C27H37Cl2N3O5S/c1-6-25(27(34)30-19(3)4)31(18-20-10-11-21(28)17-24(20)29)26(33)9-8-16-32(38(5,35)36)22-12-14-23(15-13-22)37-7-2/h10-15,17,19,25H,6-9,16,18H2,1-5H3,(H,30,34)/t25-/m1/s1. The van der Waals surface area contributed by atoms with Crippen LogP contribution in [-0.4, -0.2) is 56.6 Å². The first-order valence-electron chi connectivity index (χ1n) is 12.6. The first-order valence-corrected chi connectivity index (χ1v) is 15.2. The van der Waals surface area contributed by atoms with E-state index in [0.29, 0.717) is 40.1 Å². The number of rotatable bonds is 14. The van der Waals surface area contributed by atoms with Gasteiger partial charge in [0.05, 0.1) is 18.6 Å². The van der Waals surface area contributed by atoms with Gasteiger partial charge < -0.3 is 15.0 Å². The number of amides is 2. The van der Waals surface area contributed by atoms with Gasteiger partial charge in [-0.25, -0.2) is 8.42 Å². The van der Waals surface area contributed by atoms with Gasteiger partial charge in [0.15, 0.2) is 0 Å². The molecule has 11 heteroatoms. The SMILES string of the molecule is CCOc1ccc(N(CCCC(=O)N(Cc2ccc(Cl)cc2Cl)[C@H](CC)C(=O)NC(C)C)S(C)(=O)=O)cc1. The highest BCUT2D eigenvalue weighted by atomic mass is 35.5. The number of hydrogen-bond donors (Lipinski definition) is 1. The molecule has 0 saturated carbocycles. The molecule has 0 aliphatic carbocycles. The van der Waals surface area contributed by atoms with Gasteiger partial charge in [-0.15, -0.1) is 0 Å². The van der Waals surface area contributed by atoms with E-state index in [1.54, 1.807) is 42.5 Å². The minimum Gasteiger partial charge on any atom is -0.494 e. The van der Waals surface area contributed by atoms with Crippen LogP contribution in [-0.2, 0) is 26.2 Å². The van der Waals surface area contributed by atoms with E-state index in [9.17, 15) is 18.0 Å². The van der Waals surface area contributed by atoms with Gasteiger partial charge >= 0.3 is 0 Å². The average Bonchev–Trinajstić information content (AvgIpc) is 2.82. The second-order valence-electron chi connectivity index (χ2n) is 9.21. The molecule has 2 aromatic carbocycles. The van der Waals surface area contributed by atoms with Crippen molar-refractivity contribution in [3.63, 3.8) is 0 Å². The summed E-state index contributed by atoms with van der Waals surface area (Å²) < 4.78 is 31.8. The summed E-state index contributed by atoms with van der Waals surface area (Å²) in [5.74, 6) is 0.108. The maximum atomic E-state index is 13.5. The quantitative estimate of drug-likeness (QED) is 0.326. The summed E-state index contributed by atoms with van der Waals surface area (Å²) in [6.07, 6.45) is 1.83. The lowest BCUT2D eigenvalue weighted by Crippen LogP contribution is -2.50. The number of carbonyl (C=O) groups excluding carboxylic acids is 2. The van der Waals surface area contributed by atoms with Crippen molar-refractivity contribution < 1.29 is 22.7 Å². The molecule has 1 atom stereocenters. The van der Waals surface area contributed by atoms with Crippen molar-refractivity contribution in [2.45, 2.75) is 65.6 Å². The number of sulfonamides is 1. The third-order valence-corrected chi connectivity index (χ3v) is 7.54. The summed E-state index contributed by atoms with van der Waals surface area (Å²) in [6, 6.07) is 11.0. The first-order chi connectivity index (χ1) is 17.9. The van der Waals surface area contributed by atoms with Crippen LogP contribution in [0.3, 0.4) is 0 Å². The first kappa shape index (κ1) is 31.7. The lowest BCUT2D eigenvalue weighted by Gasteiger charge is -2.32. The monoisotopic (exact) mass is 585 g/mol. The highest BCUT2D eigenvalue weighted by molar-refractivity contribution is 7.92. The van der Waals surface area contributed by atoms with Gasteiger partial charge in [0, 0.05) is 35.6 Å². The van der Waals surface area contributed by atoms with Gasteiger partial charge in [-0.3, -0.25) is 13.9 Å². The Balaban J connectivity index is 2.24. The molecule has 38 heavy (non-hydrogen) atoms. The van der Waals surface area contributed by atoms with Crippen molar-refractivity contribution in [3.05, 3.63) is 58.1 Å². The van der Waals surface area contributed by atoms with Crippen LogP contribution in [0.2, 0.25) is 10.0 Å². The van der Waals surface area contributed by atoms with Crippen LogP contribution >= 0.6 is 23.2 Å². The number of benzene rings is 2. The molecule has 0 aliphatic heterocycles. The zero-order valence-electron chi connectivity index (χ0n) is 22.5. The van der Waals surface area contributed by atoms with E-state index >= 15 is 0 Å². The van der Waals surface area contributed by atoms with E-state index in [-0.39, 0.29) is 43.8 Å². The molecular weight excluding hydrogens is 549 g/mol. The average molecular weight is 587 g/mol. The Morgan fingerprint density at radius 1 is 1.05 bits per heavy atom. The minimum absolute atomic E-state index is 0.0414. The number of ether oxygens (including phenoxy) is 1. The van der Waals surface area contributed by atoms with Gasteiger partial charge in [0.1, 0.15) is 11.8 Å². The lowest BCUT2D eigenvalue weighted by molar-refractivity contribution is -0.141. The molecule has 0 heterocycles. The van der Waals surface area contributed by atoms with Gasteiger partial charge in [-0.1, -0.05) is 36.2 Å². The molecule has 1 N–H and O–H groups in total. The molecule has 210 valence electrons. The predicted octanol–water partition coefficient (Wildman–Crippen LogP) is 5.27. The zero-order chi connectivity index (χ0) is 28.5. The Hall–Kier alpha value is -2.49. The van der Waals surface area contributed by atoms with E-state index in [0.717, 1.165) is 6.26 Å². The van der Waals surface area contributed by atoms with Crippen LogP contribution in [0.4, 0.5) is 5.69 Å². The van der Waals surface area contributed by atoms with E-state index in [1.165, 1.54) is 9.21 Å². The maximum absolute atomic E-state index is 13.5. The molecule has 2 aromatic rings. The van der Waals surface area contributed by atoms with Crippen LogP contribution in [0.5, 0.6) is 5.75 Å². The van der Waals surface area contributed by atoms with Crippen molar-refractivity contribution in [1.29, 1.82) is 0 Å². The maximum Gasteiger partial charge on any atom is 0.243 e. The number of carbonyl (C=O) groups is 2. The molecule has 0 spiro atoms. The summed E-state index contributed by atoms with van der Waals surface area (Å²) >= 11 is 12.4. The van der Waals surface area contributed by atoms with Crippen molar-refractivity contribution in [2.75, 3.05) is 23.7 Å². The summed E-state index contributed by atoms with van der Waals surface area (Å²) in [7, 11) is -3.59. The van der Waals surface area contributed by atoms with Crippen LogP contribution < -0.4 is 14.4 Å². The predicted molar refractivity (Wildman–Crippen MR) is 153 cm³/mol. The Morgan fingerprint density at radius 3 is 2.24 bits per heavy atom. The minimum atomic E-state index is -3.59. The highest BCUT2D eigenvalue weighted by Gasteiger charge is 2.29. The normalized spacial score (nSPS) is 12.2. The lowest BCUT2D eigenvalue weighted by atomic mass is 10.1. The van der Waals surface area contributed by atoms with E-state index in [1.807, 2.05) is 27.7 Å². The van der Waals surface area contributed by atoms with Crippen molar-refractivity contribution >= 4 is 50.7 Å². The summed E-state index contributed by atoms with van der Waals surface area (Å²) in [6.45, 7) is 8.14. The molecular formula is C27H37Cl2N3O5S. The molecule has 0 unspecified atom stereocenters. The van der Waals surface area contributed by atoms with Crippen molar-refractivity contribution in [2.24, 2.45) is 0 Å². The molecule has 0 fully saturated rings. The fraction of sp³-hybridized carbons (Fsp3) is 0.481. The second kappa shape index (κ2) is 14.6. The molecule has 0 aromatic heterocycles. The fourth-order valence-electron chi connectivity index (χ4n) is 4.01. The number of hydrogen-bond acceptors (Lipinski definition) is 5. The van der Waals surface area contributed by atoms with E-state index in [2.05, 4.69) is 5.32 Å². The van der Waals surface area contributed by atoms with Gasteiger partial charge in [0.25, 0.3) is 0 Å². The Bertz CT molecular complexity index is 1190. The molecule has 0 bridgehead atoms. The third kappa shape index (κ3) is 9.36. The Kier molecular flexibility index (Phi) is 12.2. The Labute approximate surface area is 236 Å². The summed E-state index contributed by atoms with van der Waals surface area (Å²) in [5, 5.41) is 3.75. The number of nitrogens with one attached hydrogen (secondary N) is 1. The molecule has 0 saturated heterocycles. The number of anilines is 1. The summed E-state index contributed by atoms with van der Waals surface area (Å²) in [5.41, 5.74) is 1.14. The van der Waals surface area contributed by atoms with Gasteiger partial charge in [0.2, 0.25) is 21.8 Å². The number of nitrogens with zero attached hydrogens (tertiary/aromatic N) is 2. The van der Waals surface area contributed by atoms with Crippen LogP contribution in [0.1, 0.15) is 52.5 Å². The molecule has 2 amide bonds. The van der Waals surface area contributed by atoms with E-state index in [4.69, 9.17) is 27.9 Å². The molecule has 2 rings (SSSR count). The third-order valence-electron chi connectivity index (χ3n) is 5.76. The van der Waals surface area contributed by atoms with Crippen LogP contribution in [0.25, 0.3) is 0 Å². The smallest absolute Gasteiger partial charge is 0.243 e. The van der Waals surface area contributed by atoms with Crippen LogP contribution in [0.15, 0.2) is 42.5 Å². The fourth-order valence-corrected chi connectivity index (χ4v) is 5.45. The van der Waals surface area contributed by atoms with Crippen LogP contribution in [0, 0.1) is 0 Å². The summed E-state index contributed by atoms with van der Waals surface area (Å²) in [4.78, 5) is 28.0. The highest BCUT2D eigenvalue weighted by Crippen LogP contribution is 2.25. The molecule has 0 aliphatic rings. The van der Waals surface area contributed by atoms with E-state index < -0.39 is 16.1 Å². The molecule has 0 radical (unpaired) electrons. The number of halogens is 2. The zero-order valence-corrected chi connectivity index (χ0v) is 24.9.